The van der Waals surface area contributed by atoms with Crippen LogP contribution in [0.15, 0.2) is 59.1 Å². The number of nitrogens with one attached hydrogen (secondary N) is 1. The average molecular weight is 360 g/mol. The summed E-state index contributed by atoms with van der Waals surface area (Å²) in [5.41, 5.74) is 1.44. The first-order valence-corrected chi connectivity index (χ1v) is 8.18. The van der Waals surface area contributed by atoms with Crippen LogP contribution in [0.3, 0.4) is 0 Å². The quantitative estimate of drug-likeness (QED) is 0.854. The van der Waals surface area contributed by atoms with Gasteiger partial charge in [-0.15, -0.1) is 0 Å². The van der Waals surface area contributed by atoms with Crippen LogP contribution in [0, 0.1) is 0 Å². The van der Waals surface area contributed by atoms with Gasteiger partial charge in [0.1, 0.15) is 5.75 Å². The van der Waals surface area contributed by atoms with Gasteiger partial charge in [-0.1, -0.05) is 46.3 Å². The molecule has 0 radical (unpaired) electrons. The molecule has 0 aromatic heterocycles. The van der Waals surface area contributed by atoms with E-state index < -0.39 is 0 Å². The zero-order valence-corrected chi connectivity index (χ0v) is 13.8. The Morgan fingerprint density at radius 1 is 1.09 bits per heavy atom. The van der Waals surface area contributed by atoms with Gasteiger partial charge < -0.3 is 10.1 Å². The zero-order valence-electron chi connectivity index (χ0n) is 12.2. The van der Waals surface area contributed by atoms with Crippen molar-refractivity contribution in [1.29, 1.82) is 0 Å². The third kappa shape index (κ3) is 3.69. The fourth-order valence-corrected chi connectivity index (χ4v) is 2.77. The minimum atomic E-state index is -0.0786. The molecular formula is C18H18BrNO2. The summed E-state index contributed by atoms with van der Waals surface area (Å²) in [7, 11) is 0. The predicted molar refractivity (Wildman–Crippen MR) is 90.0 cm³/mol. The number of ether oxygens (including phenoxy) is 1. The Hall–Kier alpha value is -1.81. The van der Waals surface area contributed by atoms with E-state index in [-0.39, 0.29) is 17.9 Å². The van der Waals surface area contributed by atoms with Crippen LogP contribution in [0.1, 0.15) is 18.4 Å². The Labute approximate surface area is 138 Å². The van der Waals surface area contributed by atoms with E-state index in [0.717, 1.165) is 17.3 Å². The Morgan fingerprint density at radius 3 is 2.41 bits per heavy atom. The van der Waals surface area contributed by atoms with Crippen LogP contribution in [0.2, 0.25) is 0 Å². The lowest BCUT2D eigenvalue weighted by Crippen LogP contribution is -2.35. The first-order valence-electron chi connectivity index (χ1n) is 7.39. The number of amides is 1. The van der Waals surface area contributed by atoms with Crippen LogP contribution in [-0.2, 0) is 10.2 Å². The second-order valence-electron chi connectivity index (χ2n) is 5.67. The lowest BCUT2D eigenvalue weighted by molar-refractivity contribution is -0.123. The minimum Gasteiger partial charge on any atom is -0.484 e. The number of rotatable bonds is 6. The molecule has 1 fully saturated rings. The molecular weight excluding hydrogens is 342 g/mol. The Balaban J connectivity index is 1.48. The molecule has 0 unspecified atom stereocenters. The van der Waals surface area contributed by atoms with Gasteiger partial charge in [0.2, 0.25) is 0 Å². The molecule has 1 aliphatic rings. The minimum absolute atomic E-state index is 0.0481. The molecule has 0 atom stereocenters. The van der Waals surface area contributed by atoms with Crippen LogP contribution in [0.4, 0.5) is 0 Å². The number of hydrogen-bond donors (Lipinski definition) is 1. The van der Waals surface area contributed by atoms with Gasteiger partial charge in [0.05, 0.1) is 0 Å². The predicted octanol–water partition coefficient (Wildman–Crippen LogP) is 3.68. The SMILES string of the molecule is O=C(COc1ccc(Br)cc1)NCC1(c2ccccc2)CC1. The zero-order chi connectivity index (χ0) is 15.4. The van der Waals surface area contributed by atoms with Crippen molar-refractivity contribution >= 4 is 21.8 Å². The lowest BCUT2D eigenvalue weighted by Gasteiger charge is -2.16. The van der Waals surface area contributed by atoms with Gasteiger partial charge in [-0.2, -0.15) is 0 Å². The van der Waals surface area contributed by atoms with Crippen molar-refractivity contribution in [3.05, 3.63) is 64.6 Å². The van der Waals surface area contributed by atoms with Crippen LogP contribution < -0.4 is 10.1 Å². The fraction of sp³-hybridized carbons (Fsp3) is 0.278. The largest absolute Gasteiger partial charge is 0.484 e. The summed E-state index contributed by atoms with van der Waals surface area (Å²) in [4.78, 5) is 11.9. The standard InChI is InChI=1S/C18H18BrNO2/c19-15-6-8-16(9-7-15)22-12-17(21)20-13-18(10-11-18)14-4-2-1-3-5-14/h1-9H,10-13H2,(H,20,21). The van der Waals surface area contributed by atoms with Crippen molar-refractivity contribution in [2.24, 2.45) is 0 Å². The Morgan fingerprint density at radius 2 is 1.77 bits per heavy atom. The Bertz CT molecular complexity index is 636. The summed E-state index contributed by atoms with van der Waals surface area (Å²) in [6, 6.07) is 17.8. The molecule has 4 heteroatoms. The van der Waals surface area contributed by atoms with Crippen molar-refractivity contribution in [1.82, 2.24) is 5.32 Å². The first kappa shape index (κ1) is 15.1. The highest BCUT2D eigenvalue weighted by molar-refractivity contribution is 9.10. The molecule has 1 amide bonds. The number of benzene rings is 2. The molecule has 1 aliphatic carbocycles. The molecule has 2 aromatic carbocycles. The molecule has 0 spiro atoms. The van der Waals surface area contributed by atoms with E-state index in [1.54, 1.807) is 0 Å². The second kappa shape index (κ2) is 6.53. The summed E-state index contributed by atoms with van der Waals surface area (Å²) >= 11 is 3.37. The molecule has 3 nitrogen and oxygen atoms in total. The summed E-state index contributed by atoms with van der Waals surface area (Å²) in [6.45, 7) is 0.728. The maximum atomic E-state index is 11.9. The van der Waals surface area contributed by atoms with E-state index in [2.05, 4.69) is 33.4 Å². The molecule has 114 valence electrons. The van der Waals surface area contributed by atoms with Crippen LogP contribution in [0.5, 0.6) is 5.75 Å². The van der Waals surface area contributed by atoms with Gasteiger partial charge in [0.15, 0.2) is 6.61 Å². The third-order valence-corrected chi connectivity index (χ3v) is 4.58. The molecule has 1 saturated carbocycles. The summed E-state index contributed by atoms with van der Waals surface area (Å²) in [5.74, 6) is 0.618. The molecule has 0 saturated heterocycles. The number of hydrogen-bond acceptors (Lipinski definition) is 2. The van der Waals surface area contributed by atoms with E-state index in [1.165, 1.54) is 5.56 Å². The normalized spacial score (nSPS) is 15.1. The van der Waals surface area contributed by atoms with Gasteiger partial charge >= 0.3 is 0 Å². The summed E-state index contributed by atoms with van der Waals surface area (Å²) in [6.07, 6.45) is 2.26. The van der Waals surface area contributed by atoms with Gasteiger partial charge in [0.25, 0.3) is 5.91 Å². The van der Waals surface area contributed by atoms with E-state index in [4.69, 9.17) is 4.74 Å². The Kier molecular flexibility index (Phi) is 4.48. The molecule has 0 heterocycles. The monoisotopic (exact) mass is 359 g/mol. The maximum Gasteiger partial charge on any atom is 0.257 e. The summed E-state index contributed by atoms with van der Waals surface area (Å²) in [5, 5.41) is 2.99. The molecule has 1 N–H and O–H groups in total. The van der Waals surface area contributed by atoms with Gasteiger partial charge in [-0.3, -0.25) is 4.79 Å². The van der Waals surface area contributed by atoms with Crippen molar-refractivity contribution < 1.29 is 9.53 Å². The first-order chi connectivity index (χ1) is 10.7. The molecule has 0 aliphatic heterocycles. The van der Waals surface area contributed by atoms with E-state index >= 15 is 0 Å². The summed E-state index contributed by atoms with van der Waals surface area (Å²) < 4.78 is 6.47. The highest BCUT2D eigenvalue weighted by atomic mass is 79.9. The van der Waals surface area contributed by atoms with Crippen molar-refractivity contribution in [2.45, 2.75) is 18.3 Å². The average Bonchev–Trinajstić information content (AvgIpc) is 3.34. The highest BCUT2D eigenvalue weighted by Gasteiger charge is 2.44. The number of carbonyl (C=O) groups excluding carboxylic acids is 1. The van der Waals surface area contributed by atoms with Crippen LogP contribution in [0.25, 0.3) is 0 Å². The van der Waals surface area contributed by atoms with Gasteiger partial charge in [-0.25, -0.2) is 0 Å². The van der Waals surface area contributed by atoms with Gasteiger partial charge in [0, 0.05) is 16.4 Å². The van der Waals surface area contributed by atoms with Gasteiger partial charge in [-0.05, 0) is 42.7 Å². The van der Waals surface area contributed by atoms with Crippen molar-refractivity contribution in [3.63, 3.8) is 0 Å². The topological polar surface area (TPSA) is 38.3 Å². The molecule has 22 heavy (non-hydrogen) atoms. The van der Waals surface area contributed by atoms with E-state index in [0.29, 0.717) is 12.3 Å². The highest BCUT2D eigenvalue weighted by Crippen LogP contribution is 2.47. The number of halogens is 1. The number of carbonyl (C=O) groups is 1. The van der Waals surface area contributed by atoms with Crippen LogP contribution >= 0.6 is 15.9 Å². The molecule has 0 bridgehead atoms. The second-order valence-corrected chi connectivity index (χ2v) is 6.58. The van der Waals surface area contributed by atoms with Crippen molar-refractivity contribution in [2.75, 3.05) is 13.2 Å². The van der Waals surface area contributed by atoms with E-state index in [1.807, 2.05) is 42.5 Å². The molecule has 2 aromatic rings. The van der Waals surface area contributed by atoms with Crippen molar-refractivity contribution in [3.8, 4) is 5.75 Å². The van der Waals surface area contributed by atoms with E-state index in [9.17, 15) is 4.79 Å². The maximum absolute atomic E-state index is 11.9. The molecule has 3 rings (SSSR count). The lowest BCUT2D eigenvalue weighted by atomic mass is 9.96. The smallest absolute Gasteiger partial charge is 0.257 e. The fourth-order valence-electron chi connectivity index (χ4n) is 2.51. The third-order valence-electron chi connectivity index (χ3n) is 4.05. The van der Waals surface area contributed by atoms with Crippen LogP contribution in [-0.4, -0.2) is 19.1 Å².